The summed E-state index contributed by atoms with van der Waals surface area (Å²) in [5, 5.41) is 20.5. The third-order valence-electron chi connectivity index (χ3n) is 5.63. The van der Waals surface area contributed by atoms with E-state index in [-0.39, 0.29) is 30.5 Å². The SMILES string of the molecule is O=C(O)C1(CNc2nc(-c3cc(-c4ccon4)n(Cc4ccccc4F)n3)ncc2F)CC1. The minimum Gasteiger partial charge on any atom is -0.481 e. The van der Waals surface area contributed by atoms with E-state index in [4.69, 9.17) is 4.52 Å². The van der Waals surface area contributed by atoms with Gasteiger partial charge in [-0.1, -0.05) is 23.4 Å². The molecule has 0 aliphatic heterocycles. The van der Waals surface area contributed by atoms with Crippen molar-refractivity contribution in [3.63, 3.8) is 0 Å². The van der Waals surface area contributed by atoms with Crippen molar-refractivity contribution in [1.29, 1.82) is 0 Å². The van der Waals surface area contributed by atoms with Crippen molar-refractivity contribution in [3.05, 3.63) is 66.1 Å². The van der Waals surface area contributed by atoms with Crippen LogP contribution in [0, 0.1) is 17.0 Å². The van der Waals surface area contributed by atoms with E-state index in [0.29, 0.717) is 35.5 Å². The molecule has 0 amide bonds. The zero-order chi connectivity index (χ0) is 23.0. The molecule has 1 aliphatic rings. The first-order chi connectivity index (χ1) is 15.9. The molecule has 3 heterocycles. The highest BCUT2D eigenvalue weighted by Gasteiger charge is 2.50. The van der Waals surface area contributed by atoms with Gasteiger partial charge in [0, 0.05) is 18.2 Å². The molecular weight excluding hydrogens is 434 g/mol. The molecule has 0 radical (unpaired) electrons. The Kier molecular flexibility index (Phi) is 5.08. The number of benzene rings is 1. The molecule has 1 aliphatic carbocycles. The molecule has 33 heavy (non-hydrogen) atoms. The fourth-order valence-corrected chi connectivity index (χ4v) is 3.47. The van der Waals surface area contributed by atoms with Gasteiger partial charge in [-0.25, -0.2) is 18.7 Å². The van der Waals surface area contributed by atoms with Crippen molar-refractivity contribution in [2.24, 2.45) is 5.41 Å². The van der Waals surface area contributed by atoms with Crippen LogP contribution >= 0.6 is 0 Å². The number of halogens is 2. The molecule has 1 fully saturated rings. The number of hydrogen-bond acceptors (Lipinski definition) is 7. The van der Waals surface area contributed by atoms with Crippen LogP contribution in [0.25, 0.3) is 22.9 Å². The van der Waals surface area contributed by atoms with E-state index >= 15 is 0 Å². The van der Waals surface area contributed by atoms with Gasteiger partial charge in [0.15, 0.2) is 17.5 Å². The van der Waals surface area contributed by atoms with Gasteiger partial charge in [-0.15, -0.1) is 0 Å². The van der Waals surface area contributed by atoms with Crippen LogP contribution in [-0.2, 0) is 11.3 Å². The summed E-state index contributed by atoms with van der Waals surface area (Å²) in [6.45, 7) is 0.171. The molecule has 0 atom stereocenters. The molecule has 168 valence electrons. The highest BCUT2D eigenvalue weighted by molar-refractivity contribution is 5.78. The number of nitrogens with one attached hydrogen (secondary N) is 1. The minimum atomic E-state index is -0.922. The van der Waals surface area contributed by atoms with Gasteiger partial charge in [0.1, 0.15) is 23.5 Å². The molecule has 0 spiro atoms. The van der Waals surface area contributed by atoms with Crippen molar-refractivity contribution in [3.8, 4) is 22.9 Å². The summed E-state index contributed by atoms with van der Waals surface area (Å²) in [5.74, 6) is -2.00. The maximum absolute atomic E-state index is 14.3. The third-order valence-corrected chi connectivity index (χ3v) is 5.63. The topological polar surface area (TPSA) is 119 Å². The number of aliphatic carboxylic acids is 1. The van der Waals surface area contributed by atoms with Crippen LogP contribution in [0.3, 0.4) is 0 Å². The summed E-state index contributed by atoms with van der Waals surface area (Å²) in [4.78, 5) is 19.6. The Hall–Kier alpha value is -4.15. The lowest BCUT2D eigenvalue weighted by atomic mass is 10.1. The Balaban J connectivity index is 1.48. The van der Waals surface area contributed by atoms with Crippen LogP contribution in [0.4, 0.5) is 14.6 Å². The van der Waals surface area contributed by atoms with Crippen molar-refractivity contribution in [2.45, 2.75) is 19.4 Å². The molecule has 1 saturated carbocycles. The van der Waals surface area contributed by atoms with Gasteiger partial charge in [-0.2, -0.15) is 5.10 Å². The highest BCUT2D eigenvalue weighted by Crippen LogP contribution is 2.45. The molecule has 0 unspecified atom stereocenters. The lowest BCUT2D eigenvalue weighted by Gasteiger charge is -2.12. The molecule has 1 aromatic carbocycles. The molecule has 9 nitrogen and oxygen atoms in total. The van der Waals surface area contributed by atoms with Crippen LogP contribution < -0.4 is 5.32 Å². The molecule has 5 rings (SSSR count). The Morgan fingerprint density at radius 2 is 2.00 bits per heavy atom. The number of carboxylic acids is 1. The van der Waals surface area contributed by atoms with Crippen LogP contribution in [0.5, 0.6) is 0 Å². The quantitative estimate of drug-likeness (QED) is 0.416. The van der Waals surface area contributed by atoms with Crippen molar-refractivity contribution >= 4 is 11.8 Å². The number of carbonyl (C=O) groups is 1. The first kappa shape index (κ1) is 20.7. The summed E-state index contributed by atoms with van der Waals surface area (Å²) < 4.78 is 35.0. The van der Waals surface area contributed by atoms with E-state index in [2.05, 4.69) is 25.5 Å². The lowest BCUT2D eigenvalue weighted by molar-refractivity contribution is -0.142. The molecule has 2 N–H and O–H groups in total. The summed E-state index contributed by atoms with van der Waals surface area (Å²) in [6, 6.07) is 9.62. The second-order valence-electron chi connectivity index (χ2n) is 7.88. The number of nitrogens with zero attached hydrogens (tertiary/aromatic N) is 5. The Morgan fingerprint density at radius 1 is 1.18 bits per heavy atom. The monoisotopic (exact) mass is 452 g/mol. The average molecular weight is 452 g/mol. The summed E-state index contributed by atoms with van der Waals surface area (Å²) >= 11 is 0. The highest BCUT2D eigenvalue weighted by atomic mass is 19.1. The maximum atomic E-state index is 14.3. The van der Waals surface area contributed by atoms with E-state index in [9.17, 15) is 18.7 Å². The first-order valence-electron chi connectivity index (χ1n) is 10.2. The van der Waals surface area contributed by atoms with Crippen LogP contribution in [0.1, 0.15) is 18.4 Å². The average Bonchev–Trinajstić information content (AvgIpc) is 3.20. The van der Waals surface area contributed by atoms with Gasteiger partial charge < -0.3 is 14.9 Å². The maximum Gasteiger partial charge on any atom is 0.311 e. The van der Waals surface area contributed by atoms with Gasteiger partial charge in [0.25, 0.3) is 0 Å². The van der Waals surface area contributed by atoms with Gasteiger partial charge in [-0.05, 0) is 25.0 Å². The van der Waals surface area contributed by atoms with E-state index in [1.165, 1.54) is 17.0 Å². The van der Waals surface area contributed by atoms with Crippen molar-refractivity contribution in [2.75, 3.05) is 11.9 Å². The molecule has 4 aromatic rings. The molecular formula is C22H18F2N6O3. The molecule has 11 heteroatoms. The lowest BCUT2D eigenvalue weighted by Crippen LogP contribution is -2.25. The van der Waals surface area contributed by atoms with E-state index in [1.807, 2.05) is 0 Å². The van der Waals surface area contributed by atoms with E-state index in [1.54, 1.807) is 30.3 Å². The standard InChI is InChI=1S/C22H18F2N6O3/c23-14-4-2-1-3-13(14)11-30-18(16-5-8-33-29-16)9-17(28-30)20-25-10-15(24)19(27-20)26-12-22(6-7-22)21(31)32/h1-5,8-10H,6-7,11-12H2,(H,31,32)(H,25,26,27). The smallest absolute Gasteiger partial charge is 0.311 e. The van der Waals surface area contributed by atoms with Gasteiger partial charge in [0.2, 0.25) is 0 Å². The van der Waals surface area contributed by atoms with Gasteiger partial charge >= 0.3 is 5.97 Å². The number of carboxylic acid groups (broad SMARTS) is 1. The summed E-state index contributed by atoms with van der Waals surface area (Å²) in [6.07, 6.45) is 3.45. The third kappa shape index (κ3) is 4.04. The Labute approximate surface area is 186 Å². The molecule has 3 aromatic heterocycles. The Morgan fingerprint density at radius 3 is 2.70 bits per heavy atom. The predicted octanol–water partition coefficient (Wildman–Crippen LogP) is 3.60. The Bertz CT molecular complexity index is 1320. The minimum absolute atomic E-state index is 0.0572. The zero-order valence-electron chi connectivity index (χ0n) is 17.2. The second-order valence-corrected chi connectivity index (χ2v) is 7.88. The fourth-order valence-electron chi connectivity index (χ4n) is 3.47. The van der Waals surface area contributed by atoms with Gasteiger partial charge in [0.05, 0.1) is 23.9 Å². The predicted molar refractivity (Wildman–Crippen MR) is 112 cm³/mol. The van der Waals surface area contributed by atoms with E-state index in [0.717, 1.165) is 6.20 Å². The van der Waals surface area contributed by atoms with Crippen molar-refractivity contribution < 1.29 is 23.2 Å². The van der Waals surface area contributed by atoms with Crippen LogP contribution in [0.15, 0.2) is 53.4 Å². The largest absolute Gasteiger partial charge is 0.481 e. The number of hydrogen-bond donors (Lipinski definition) is 2. The van der Waals surface area contributed by atoms with Crippen molar-refractivity contribution in [1.82, 2.24) is 24.9 Å². The van der Waals surface area contributed by atoms with Gasteiger partial charge in [-0.3, -0.25) is 9.48 Å². The number of anilines is 1. The molecule has 0 saturated heterocycles. The number of rotatable bonds is 8. The van der Waals surface area contributed by atoms with Crippen LogP contribution in [-0.4, -0.2) is 42.5 Å². The summed E-state index contributed by atoms with van der Waals surface area (Å²) in [5.41, 5.74) is 0.850. The fraction of sp³-hybridized carbons (Fsp3) is 0.227. The summed E-state index contributed by atoms with van der Waals surface area (Å²) in [7, 11) is 0. The van der Waals surface area contributed by atoms with Crippen LogP contribution in [0.2, 0.25) is 0 Å². The molecule has 0 bridgehead atoms. The second kappa shape index (κ2) is 8.08. The first-order valence-corrected chi connectivity index (χ1v) is 10.2. The zero-order valence-corrected chi connectivity index (χ0v) is 17.2. The number of aromatic nitrogens is 5. The normalized spacial score (nSPS) is 14.2. The van der Waals surface area contributed by atoms with E-state index < -0.39 is 17.2 Å².